The quantitative estimate of drug-likeness (QED) is 0.784. The third kappa shape index (κ3) is 1.99. The Morgan fingerprint density at radius 1 is 1.20 bits per heavy atom. The molecule has 2 heteroatoms. The van der Waals surface area contributed by atoms with E-state index in [-0.39, 0.29) is 11.7 Å². The molecule has 1 unspecified atom stereocenters. The zero-order chi connectivity index (χ0) is 10.9. The van der Waals surface area contributed by atoms with Gasteiger partial charge < -0.3 is 5.11 Å². The Balaban J connectivity index is 2.23. The highest BCUT2D eigenvalue weighted by atomic mass is 19.1. The highest BCUT2D eigenvalue weighted by Gasteiger charge is 2.37. The molecule has 1 saturated carbocycles. The van der Waals surface area contributed by atoms with Crippen molar-refractivity contribution in [3.05, 3.63) is 29.8 Å². The lowest BCUT2D eigenvalue weighted by molar-refractivity contribution is 0.104. The van der Waals surface area contributed by atoms with Gasteiger partial charge in [-0.2, -0.15) is 0 Å². The molecule has 2 rings (SSSR count). The maximum Gasteiger partial charge on any atom is 0.136 e. The van der Waals surface area contributed by atoms with Crippen LogP contribution in [0.1, 0.15) is 38.2 Å². The first-order valence-corrected chi connectivity index (χ1v) is 5.59. The average Bonchev–Trinajstić information content (AvgIpc) is 2.71. The Kier molecular flexibility index (Phi) is 2.68. The smallest absolute Gasteiger partial charge is 0.136 e. The summed E-state index contributed by atoms with van der Waals surface area (Å²) in [5.41, 5.74) is -0.559. The van der Waals surface area contributed by atoms with Gasteiger partial charge in [-0.25, -0.2) is 4.39 Å². The molecular weight excluding hydrogens is 191 g/mol. The summed E-state index contributed by atoms with van der Waals surface area (Å²) in [5, 5.41) is 9.17. The molecule has 0 heterocycles. The maximum atomic E-state index is 14.6. The molecule has 15 heavy (non-hydrogen) atoms. The SMILES string of the molecule is CC(F)(c1ccc(O)cc1)C1CCCC1. The summed E-state index contributed by atoms with van der Waals surface area (Å²) in [4.78, 5) is 0. The van der Waals surface area contributed by atoms with Crippen LogP contribution < -0.4 is 0 Å². The third-order valence-corrected chi connectivity index (χ3v) is 3.55. The Bertz CT molecular complexity index is 323. The molecule has 0 bridgehead atoms. The molecule has 1 aliphatic carbocycles. The fourth-order valence-electron chi connectivity index (χ4n) is 2.49. The van der Waals surface area contributed by atoms with Crippen LogP contribution in [0.2, 0.25) is 0 Å². The van der Waals surface area contributed by atoms with Gasteiger partial charge in [-0.15, -0.1) is 0 Å². The molecule has 1 N–H and O–H groups in total. The van der Waals surface area contributed by atoms with E-state index in [1.165, 1.54) is 0 Å². The monoisotopic (exact) mass is 208 g/mol. The minimum absolute atomic E-state index is 0.141. The molecule has 0 aliphatic heterocycles. The number of phenolic OH excluding ortho intramolecular Hbond substituents is 1. The zero-order valence-electron chi connectivity index (χ0n) is 9.04. The summed E-state index contributed by atoms with van der Waals surface area (Å²) >= 11 is 0. The number of benzene rings is 1. The molecule has 1 nitrogen and oxygen atoms in total. The molecule has 1 aliphatic rings. The largest absolute Gasteiger partial charge is 0.508 e. The van der Waals surface area contributed by atoms with Gasteiger partial charge in [-0.3, -0.25) is 0 Å². The van der Waals surface area contributed by atoms with Crippen molar-refractivity contribution >= 4 is 0 Å². The normalized spacial score (nSPS) is 21.5. The van der Waals surface area contributed by atoms with Crippen LogP contribution in [-0.4, -0.2) is 5.11 Å². The Labute approximate surface area is 89.9 Å². The van der Waals surface area contributed by atoms with Crippen molar-refractivity contribution in [1.82, 2.24) is 0 Å². The van der Waals surface area contributed by atoms with E-state index in [2.05, 4.69) is 0 Å². The van der Waals surface area contributed by atoms with Crippen LogP contribution in [0.3, 0.4) is 0 Å². The minimum atomic E-state index is -1.25. The van der Waals surface area contributed by atoms with E-state index in [1.807, 2.05) is 0 Å². The summed E-state index contributed by atoms with van der Waals surface area (Å²) in [5.74, 6) is 0.336. The molecule has 0 spiro atoms. The van der Waals surface area contributed by atoms with Gasteiger partial charge in [0.25, 0.3) is 0 Å². The van der Waals surface area contributed by atoms with Gasteiger partial charge in [0, 0.05) is 0 Å². The molecule has 1 aromatic carbocycles. The van der Waals surface area contributed by atoms with E-state index < -0.39 is 5.67 Å². The van der Waals surface area contributed by atoms with Crippen molar-refractivity contribution in [2.24, 2.45) is 5.92 Å². The second-order valence-corrected chi connectivity index (χ2v) is 4.60. The minimum Gasteiger partial charge on any atom is -0.508 e. The first kappa shape index (κ1) is 10.5. The first-order chi connectivity index (χ1) is 7.10. The molecule has 82 valence electrons. The lowest BCUT2D eigenvalue weighted by atomic mass is 9.83. The third-order valence-electron chi connectivity index (χ3n) is 3.55. The summed E-state index contributed by atoms with van der Waals surface area (Å²) in [6.45, 7) is 1.66. The molecule has 0 saturated heterocycles. The van der Waals surface area contributed by atoms with Crippen molar-refractivity contribution in [1.29, 1.82) is 0 Å². The van der Waals surface area contributed by atoms with E-state index in [0.29, 0.717) is 5.56 Å². The lowest BCUT2D eigenvalue weighted by Crippen LogP contribution is -2.24. The van der Waals surface area contributed by atoms with Crippen LogP contribution in [0.25, 0.3) is 0 Å². The maximum absolute atomic E-state index is 14.6. The van der Waals surface area contributed by atoms with Crippen LogP contribution >= 0.6 is 0 Å². The second-order valence-electron chi connectivity index (χ2n) is 4.60. The van der Waals surface area contributed by atoms with Crippen molar-refractivity contribution in [2.75, 3.05) is 0 Å². The molecule has 0 amide bonds. The standard InChI is InChI=1S/C13H17FO/c1-13(14,10-4-2-3-5-10)11-6-8-12(15)9-7-11/h6-10,15H,2-5H2,1H3. The van der Waals surface area contributed by atoms with E-state index in [9.17, 15) is 4.39 Å². The number of hydrogen-bond acceptors (Lipinski definition) is 1. The van der Waals surface area contributed by atoms with Crippen molar-refractivity contribution in [2.45, 2.75) is 38.3 Å². The van der Waals surface area contributed by atoms with E-state index in [4.69, 9.17) is 5.11 Å². The summed E-state index contributed by atoms with van der Waals surface area (Å²) in [6, 6.07) is 6.49. The van der Waals surface area contributed by atoms with Gasteiger partial charge in [0.1, 0.15) is 11.4 Å². The number of rotatable bonds is 2. The number of halogens is 1. The fraction of sp³-hybridized carbons (Fsp3) is 0.538. The highest BCUT2D eigenvalue weighted by molar-refractivity contribution is 5.30. The molecular formula is C13H17FO. The molecule has 1 fully saturated rings. The summed E-state index contributed by atoms with van der Waals surface area (Å²) in [7, 11) is 0. The Morgan fingerprint density at radius 2 is 1.73 bits per heavy atom. The van der Waals surface area contributed by atoms with Crippen LogP contribution in [0.4, 0.5) is 4.39 Å². The van der Waals surface area contributed by atoms with Crippen molar-refractivity contribution in [3.8, 4) is 5.75 Å². The molecule has 1 aromatic rings. The van der Waals surface area contributed by atoms with Crippen molar-refractivity contribution in [3.63, 3.8) is 0 Å². The number of aromatic hydroxyl groups is 1. The summed E-state index contributed by atoms with van der Waals surface area (Å²) in [6.07, 6.45) is 4.24. The molecule has 1 atom stereocenters. The molecule has 0 aromatic heterocycles. The fourth-order valence-corrected chi connectivity index (χ4v) is 2.49. The van der Waals surface area contributed by atoms with E-state index >= 15 is 0 Å². The van der Waals surface area contributed by atoms with Crippen LogP contribution in [0, 0.1) is 5.92 Å². The van der Waals surface area contributed by atoms with Gasteiger partial charge in [0.05, 0.1) is 0 Å². The Morgan fingerprint density at radius 3 is 2.27 bits per heavy atom. The van der Waals surface area contributed by atoms with E-state index in [1.54, 1.807) is 31.2 Å². The van der Waals surface area contributed by atoms with Gasteiger partial charge >= 0.3 is 0 Å². The van der Waals surface area contributed by atoms with Crippen molar-refractivity contribution < 1.29 is 9.50 Å². The average molecular weight is 208 g/mol. The predicted octanol–water partition coefficient (Wildman–Crippen LogP) is 3.77. The highest BCUT2D eigenvalue weighted by Crippen LogP contribution is 2.43. The lowest BCUT2D eigenvalue weighted by Gasteiger charge is -2.27. The number of hydrogen-bond donors (Lipinski definition) is 1. The van der Waals surface area contributed by atoms with E-state index in [0.717, 1.165) is 25.7 Å². The second kappa shape index (κ2) is 3.84. The number of alkyl halides is 1. The van der Waals surface area contributed by atoms with Gasteiger partial charge in [0.15, 0.2) is 0 Å². The van der Waals surface area contributed by atoms with Crippen LogP contribution in [0.15, 0.2) is 24.3 Å². The van der Waals surface area contributed by atoms with Gasteiger partial charge in [-0.1, -0.05) is 25.0 Å². The van der Waals surface area contributed by atoms with Gasteiger partial charge in [-0.05, 0) is 43.4 Å². The topological polar surface area (TPSA) is 20.2 Å². The Hall–Kier alpha value is -1.05. The zero-order valence-corrected chi connectivity index (χ0v) is 9.04. The van der Waals surface area contributed by atoms with Gasteiger partial charge in [0.2, 0.25) is 0 Å². The molecule has 0 radical (unpaired) electrons. The van der Waals surface area contributed by atoms with Crippen LogP contribution in [-0.2, 0) is 5.67 Å². The van der Waals surface area contributed by atoms with Crippen LogP contribution in [0.5, 0.6) is 5.75 Å². The first-order valence-electron chi connectivity index (χ1n) is 5.59. The summed E-state index contributed by atoms with van der Waals surface area (Å²) < 4.78 is 14.6. The number of phenols is 1. The predicted molar refractivity (Wildman–Crippen MR) is 58.5 cm³/mol.